The highest BCUT2D eigenvalue weighted by Crippen LogP contribution is 2.32. The number of likely N-dealkylation sites (tertiary alicyclic amines) is 1. The van der Waals surface area contributed by atoms with Crippen LogP contribution in [0.4, 0.5) is 0 Å². The van der Waals surface area contributed by atoms with Gasteiger partial charge in [-0.1, -0.05) is 91.0 Å². The molecule has 1 aliphatic heterocycles. The fraction of sp³-hybridized carbons (Fsp3) is 0.250. The smallest absolute Gasteiger partial charge is 0.120 e. The zero-order valence-electron chi connectivity index (χ0n) is 20.9. The van der Waals surface area contributed by atoms with Crippen molar-refractivity contribution in [2.45, 2.75) is 24.8 Å². The van der Waals surface area contributed by atoms with Gasteiger partial charge in [0.05, 0.1) is 6.04 Å². The zero-order chi connectivity index (χ0) is 25.3. The first-order chi connectivity index (χ1) is 18.2. The van der Waals surface area contributed by atoms with E-state index in [0.29, 0.717) is 19.2 Å². The summed E-state index contributed by atoms with van der Waals surface area (Å²) < 4.78 is 11.6. The largest absolute Gasteiger partial charge is 0.491 e. The number of benzene rings is 4. The zero-order valence-corrected chi connectivity index (χ0v) is 20.9. The molecular formula is C32H34N2O3. The van der Waals surface area contributed by atoms with Gasteiger partial charge in [-0.3, -0.25) is 4.90 Å². The fourth-order valence-corrected chi connectivity index (χ4v) is 4.66. The molecule has 5 nitrogen and oxygen atoms in total. The maximum atomic E-state index is 10.4. The third-order valence-corrected chi connectivity index (χ3v) is 6.66. The molecule has 0 spiro atoms. The molecule has 4 aromatic rings. The van der Waals surface area contributed by atoms with Crippen LogP contribution < -0.4 is 14.8 Å². The molecule has 5 heteroatoms. The van der Waals surface area contributed by atoms with E-state index in [1.165, 1.54) is 11.1 Å². The SMILES string of the molecule is O[C@@H](CNC1CN(C(c2ccccc2)c2ccccc2)C1)COc1ccc(OCc2ccccc2)cc1. The first-order valence-corrected chi connectivity index (χ1v) is 12.9. The first-order valence-electron chi connectivity index (χ1n) is 12.9. The van der Waals surface area contributed by atoms with E-state index in [0.717, 1.165) is 30.2 Å². The van der Waals surface area contributed by atoms with E-state index in [9.17, 15) is 5.11 Å². The molecule has 0 radical (unpaired) electrons. The predicted molar refractivity (Wildman–Crippen MR) is 147 cm³/mol. The van der Waals surface area contributed by atoms with Gasteiger partial charge < -0.3 is 19.9 Å². The minimum absolute atomic E-state index is 0.240. The van der Waals surface area contributed by atoms with Gasteiger partial charge in [-0.2, -0.15) is 0 Å². The van der Waals surface area contributed by atoms with Gasteiger partial charge in [-0.25, -0.2) is 0 Å². The number of aliphatic hydroxyl groups is 1. The minimum atomic E-state index is -0.581. The van der Waals surface area contributed by atoms with E-state index in [1.54, 1.807) is 0 Å². The topological polar surface area (TPSA) is 54.0 Å². The molecule has 2 N–H and O–H groups in total. The van der Waals surface area contributed by atoms with Crippen LogP contribution >= 0.6 is 0 Å². The summed E-state index contributed by atoms with van der Waals surface area (Å²) in [6.45, 7) is 3.14. The number of hydrogen-bond acceptors (Lipinski definition) is 5. The van der Waals surface area contributed by atoms with Gasteiger partial charge in [-0.15, -0.1) is 0 Å². The van der Waals surface area contributed by atoms with Crippen molar-refractivity contribution in [2.75, 3.05) is 26.2 Å². The van der Waals surface area contributed by atoms with Crippen molar-refractivity contribution in [3.8, 4) is 11.5 Å². The first kappa shape index (κ1) is 25.0. The number of nitrogens with one attached hydrogen (secondary N) is 1. The number of hydrogen-bond donors (Lipinski definition) is 2. The van der Waals surface area contributed by atoms with E-state index in [1.807, 2.05) is 54.6 Å². The molecule has 1 heterocycles. The lowest BCUT2D eigenvalue weighted by Gasteiger charge is -2.45. The molecule has 190 valence electrons. The molecule has 5 rings (SSSR count). The van der Waals surface area contributed by atoms with Crippen molar-refractivity contribution < 1.29 is 14.6 Å². The quantitative estimate of drug-likeness (QED) is 0.288. The monoisotopic (exact) mass is 494 g/mol. The van der Waals surface area contributed by atoms with Crippen molar-refractivity contribution in [3.63, 3.8) is 0 Å². The lowest BCUT2D eigenvalue weighted by Crippen LogP contribution is -2.60. The normalized spacial score (nSPS) is 14.8. The maximum absolute atomic E-state index is 10.4. The van der Waals surface area contributed by atoms with Crippen LogP contribution in [0.5, 0.6) is 11.5 Å². The molecule has 0 unspecified atom stereocenters. The molecule has 37 heavy (non-hydrogen) atoms. The second-order valence-corrected chi connectivity index (χ2v) is 9.49. The lowest BCUT2D eigenvalue weighted by molar-refractivity contribution is 0.0662. The van der Waals surface area contributed by atoms with E-state index in [-0.39, 0.29) is 12.6 Å². The van der Waals surface area contributed by atoms with Crippen LogP contribution in [-0.4, -0.2) is 48.4 Å². The second kappa shape index (κ2) is 12.5. The number of aliphatic hydroxyl groups excluding tert-OH is 1. The van der Waals surface area contributed by atoms with Crippen LogP contribution in [0.2, 0.25) is 0 Å². The van der Waals surface area contributed by atoms with Gasteiger partial charge in [0.2, 0.25) is 0 Å². The van der Waals surface area contributed by atoms with E-state index in [4.69, 9.17) is 9.47 Å². The number of nitrogens with zero attached hydrogens (tertiary/aromatic N) is 1. The van der Waals surface area contributed by atoms with Gasteiger partial charge >= 0.3 is 0 Å². The lowest BCUT2D eigenvalue weighted by atomic mass is 9.93. The van der Waals surface area contributed by atoms with Crippen LogP contribution in [0, 0.1) is 0 Å². The molecule has 0 aromatic heterocycles. The molecule has 1 fully saturated rings. The van der Waals surface area contributed by atoms with Crippen LogP contribution in [0.3, 0.4) is 0 Å². The molecular weight excluding hydrogens is 460 g/mol. The van der Waals surface area contributed by atoms with Gasteiger partial charge in [0.25, 0.3) is 0 Å². The maximum Gasteiger partial charge on any atom is 0.120 e. The standard InChI is InChI=1S/C32H34N2O3/c35-29(24-37-31-18-16-30(17-19-31)36-23-25-10-4-1-5-11-25)20-33-28-21-34(22-28)32(26-12-6-2-7-13-26)27-14-8-3-9-15-27/h1-19,28-29,32-33,35H,20-24H2/t29-/m0/s1. The Morgan fingerprint density at radius 3 is 1.78 bits per heavy atom. The number of ether oxygens (including phenoxy) is 2. The third kappa shape index (κ3) is 6.98. The molecule has 4 aromatic carbocycles. The highest BCUT2D eigenvalue weighted by atomic mass is 16.5. The Labute approximate surface area is 219 Å². The van der Waals surface area contributed by atoms with Crippen LogP contribution in [0.25, 0.3) is 0 Å². The summed E-state index contributed by atoms with van der Waals surface area (Å²) in [6.07, 6.45) is -0.581. The highest BCUT2D eigenvalue weighted by molar-refractivity contribution is 5.33. The molecule has 0 bridgehead atoms. The minimum Gasteiger partial charge on any atom is -0.491 e. The summed E-state index contributed by atoms with van der Waals surface area (Å²) in [4.78, 5) is 2.48. The summed E-state index contributed by atoms with van der Waals surface area (Å²) in [7, 11) is 0. The van der Waals surface area contributed by atoms with Crippen molar-refractivity contribution in [3.05, 3.63) is 132 Å². The fourth-order valence-electron chi connectivity index (χ4n) is 4.66. The Morgan fingerprint density at radius 2 is 1.22 bits per heavy atom. The van der Waals surface area contributed by atoms with E-state index in [2.05, 4.69) is 70.9 Å². The highest BCUT2D eigenvalue weighted by Gasteiger charge is 2.33. The number of rotatable bonds is 12. The van der Waals surface area contributed by atoms with Gasteiger partial charge in [0, 0.05) is 25.7 Å². The summed E-state index contributed by atoms with van der Waals surface area (Å²) >= 11 is 0. The van der Waals surface area contributed by atoms with E-state index >= 15 is 0 Å². The van der Waals surface area contributed by atoms with Gasteiger partial charge in [0.15, 0.2) is 0 Å². The Kier molecular flexibility index (Phi) is 8.49. The molecule has 0 amide bonds. The van der Waals surface area contributed by atoms with Crippen LogP contribution in [0.15, 0.2) is 115 Å². The molecule has 0 aliphatic carbocycles. The van der Waals surface area contributed by atoms with Crippen LogP contribution in [0.1, 0.15) is 22.7 Å². The van der Waals surface area contributed by atoms with Crippen LogP contribution in [-0.2, 0) is 6.61 Å². The molecule has 1 saturated heterocycles. The summed E-state index contributed by atoms with van der Waals surface area (Å²) in [5, 5.41) is 13.9. The Balaban J connectivity index is 1.04. The molecule has 1 atom stereocenters. The predicted octanol–water partition coefficient (Wildman–Crippen LogP) is 5.07. The van der Waals surface area contributed by atoms with Crippen molar-refractivity contribution in [1.29, 1.82) is 0 Å². The third-order valence-electron chi connectivity index (χ3n) is 6.66. The summed E-state index contributed by atoms with van der Waals surface area (Å²) in [5.74, 6) is 1.51. The molecule has 0 saturated carbocycles. The average molecular weight is 495 g/mol. The van der Waals surface area contributed by atoms with Crippen molar-refractivity contribution in [2.24, 2.45) is 0 Å². The Morgan fingerprint density at radius 1 is 0.703 bits per heavy atom. The Hall–Kier alpha value is -3.64. The van der Waals surface area contributed by atoms with Crippen molar-refractivity contribution >= 4 is 0 Å². The van der Waals surface area contributed by atoms with Gasteiger partial charge in [0.1, 0.15) is 30.8 Å². The van der Waals surface area contributed by atoms with Crippen molar-refractivity contribution in [1.82, 2.24) is 10.2 Å². The molecule has 1 aliphatic rings. The van der Waals surface area contributed by atoms with Gasteiger partial charge in [-0.05, 0) is 41.0 Å². The second-order valence-electron chi connectivity index (χ2n) is 9.49. The summed E-state index contributed by atoms with van der Waals surface area (Å²) in [6, 6.07) is 39.5. The Bertz CT molecular complexity index is 1160. The average Bonchev–Trinajstić information content (AvgIpc) is 2.94. The van der Waals surface area contributed by atoms with E-state index < -0.39 is 6.10 Å². The summed E-state index contributed by atoms with van der Waals surface area (Å²) in [5.41, 5.74) is 3.73.